The first-order valence-electron chi connectivity index (χ1n) is 9.62. The molecule has 0 bridgehead atoms. The van der Waals surface area contributed by atoms with E-state index < -0.39 is 0 Å². The molecule has 3 aromatic rings. The summed E-state index contributed by atoms with van der Waals surface area (Å²) in [4.78, 5) is 22.9. The summed E-state index contributed by atoms with van der Waals surface area (Å²) in [6, 6.07) is 11.9. The highest BCUT2D eigenvalue weighted by Gasteiger charge is 2.05. The minimum absolute atomic E-state index is 0.150. The van der Waals surface area contributed by atoms with Gasteiger partial charge >= 0.3 is 0 Å². The van der Waals surface area contributed by atoms with E-state index in [2.05, 4.69) is 25.6 Å². The van der Waals surface area contributed by atoms with Crippen LogP contribution < -0.4 is 16.4 Å². The van der Waals surface area contributed by atoms with Crippen LogP contribution in [0.25, 0.3) is 11.3 Å². The standard InChI is InChI=1S/C16H20N4O2.C6H8N2/c1-22-9-8-18-7-6-12-2-4-13(5-3-12)14-10-19-16(17)15(11-21)20-14;1-7-6-3-2-4-8-5-6/h2-5,10-11,18H,6-9H2,1H3,(H2,17,19);2-5,7H,1H3. The van der Waals surface area contributed by atoms with Crippen LogP contribution in [0.3, 0.4) is 0 Å². The molecular weight excluding hydrogens is 380 g/mol. The van der Waals surface area contributed by atoms with Crippen LogP contribution in [0.5, 0.6) is 0 Å². The van der Waals surface area contributed by atoms with Crippen LogP contribution >= 0.6 is 0 Å². The summed E-state index contributed by atoms with van der Waals surface area (Å²) in [5, 5.41) is 6.27. The van der Waals surface area contributed by atoms with Crippen LogP contribution in [0, 0.1) is 0 Å². The van der Waals surface area contributed by atoms with Crippen molar-refractivity contribution in [3.05, 3.63) is 66.2 Å². The maximum absolute atomic E-state index is 10.9. The minimum atomic E-state index is 0.150. The highest BCUT2D eigenvalue weighted by molar-refractivity contribution is 5.80. The predicted octanol–water partition coefficient (Wildman–Crippen LogP) is 2.44. The van der Waals surface area contributed by atoms with E-state index in [4.69, 9.17) is 10.5 Å². The highest BCUT2D eigenvalue weighted by atomic mass is 16.5. The Balaban J connectivity index is 0.000000335. The number of nitrogens with zero attached hydrogens (tertiary/aromatic N) is 3. The zero-order valence-electron chi connectivity index (χ0n) is 17.3. The molecular formula is C22H28N6O2. The molecule has 0 spiro atoms. The van der Waals surface area contributed by atoms with Crippen LogP contribution in [-0.4, -0.2) is 55.1 Å². The Labute approximate surface area is 176 Å². The molecule has 158 valence electrons. The van der Waals surface area contributed by atoms with Gasteiger partial charge in [0.15, 0.2) is 12.1 Å². The first kappa shape index (κ1) is 22.9. The highest BCUT2D eigenvalue weighted by Crippen LogP contribution is 2.18. The van der Waals surface area contributed by atoms with Gasteiger partial charge in [-0.1, -0.05) is 24.3 Å². The average Bonchev–Trinajstić information content (AvgIpc) is 2.81. The van der Waals surface area contributed by atoms with Gasteiger partial charge < -0.3 is 21.1 Å². The van der Waals surface area contributed by atoms with Gasteiger partial charge in [-0.2, -0.15) is 0 Å². The van der Waals surface area contributed by atoms with Crippen molar-refractivity contribution in [3.8, 4) is 11.3 Å². The number of pyridine rings is 1. The van der Waals surface area contributed by atoms with Gasteiger partial charge in [-0.05, 0) is 30.7 Å². The number of methoxy groups -OCH3 is 1. The maximum atomic E-state index is 10.9. The summed E-state index contributed by atoms with van der Waals surface area (Å²) in [5.41, 5.74) is 9.57. The number of aromatic nitrogens is 3. The van der Waals surface area contributed by atoms with Crippen molar-refractivity contribution in [1.29, 1.82) is 0 Å². The molecule has 0 saturated carbocycles. The van der Waals surface area contributed by atoms with Crippen molar-refractivity contribution in [2.24, 2.45) is 0 Å². The number of nitrogens with two attached hydrogens (primary N) is 1. The number of aldehydes is 1. The molecule has 8 nitrogen and oxygen atoms in total. The van der Waals surface area contributed by atoms with Gasteiger partial charge in [0.05, 0.1) is 24.2 Å². The second-order valence-electron chi connectivity index (χ2n) is 6.32. The third kappa shape index (κ3) is 7.57. The van der Waals surface area contributed by atoms with Gasteiger partial charge in [0.25, 0.3) is 0 Å². The molecule has 0 aliphatic carbocycles. The number of nitrogen functional groups attached to an aromatic ring is 1. The molecule has 0 fully saturated rings. The van der Waals surface area contributed by atoms with E-state index in [1.165, 1.54) is 5.56 Å². The Morgan fingerprint density at radius 2 is 1.93 bits per heavy atom. The van der Waals surface area contributed by atoms with E-state index in [1.54, 1.807) is 25.7 Å². The summed E-state index contributed by atoms with van der Waals surface area (Å²) in [6.07, 6.45) is 6.66. The van der Waals surface area contributed by atoms with E-state index in [9.17, 15) is 4.79 Å². The van der Waals surface area contributed by atoms with Crippen LogP contribution in [-0.2, 0) is 11.2 Å². The van der Waals surface area contributed by atoms with E-state index in [-0.39, 0.29) is 11.5 Å². The van der Waals surface area contributed by atoms with Crippen molar-refractivity contribution in [2.45, 2.75) is 6.42 Å². The number of benzene rings is 1. The summed E-state index contributed by atoms with van der Waals surface area (Å²) in [6.45, 7) is 2.47. The molecule has 0 aliphatic rings. The molecule has 0 amide bonds. The predicted molar refractivity (Wildman–Crippen MR) is 120 cm³/mol. The minimum Gasteiger partial charge on any atom is -0.387 e. The molecule has 0 atom stereocenters. The van der Waals surface area contributed by atoms with Crippen LogP contribution in [0.15, 0.2) is 55.0 Å². The van der Waals surface area contributed by atoms with Crippen LogP contribution in [0.2, 0.25) is 0 Å². The number of rotatable bonds is 9. The van der Waals surface area contributed by atoms with E-state index >= 15 is 0 Å². The lowest BCUT2D eigenvalue weighted by Crippen LogP contribution is -2.21. The second kappa shape index (κ2) is 13.0. The molecule has 4 N–H and O–H groups in total. The van der Waals surface area contributed by atoms with Gasteiger partial charge in [-0.25, -0.2) is 9.97 Å². The molecule has 0 saturated heterocycles. The lowest BCUT2D eigenvalue weighted by Gasteiger charge is -2.06. The van der Waals surface area contributed by atoms with Crippen LogP contribution in [0.1, 0.15) is 16.1 Å². The Hall–Kier alpha value is -3.36. The average molecular weight is 409 g/mol. The number of hydrogen-bond donors (Lipinski definition) is 3. The number of nitrogens with one attached hydrogen (secondary N) is 2. The zero-order chi connectivity index (χ0) is 21.6. The molecule has 30 heavy (non-hydrogen) atoms. The van der Waals surface area contributed by atoms with Gasteiger partial charge in [0, 0.05) is 38.7 Å². The monoisotopic (exact) mass is 408 g/mol. The number of carbonyl (C=O) groups is 1. The quantitative estimate of drug-likeness (QED) is 0.365. The largest absolute Gasteiger partial charge is 0.387 e. The Bertz CT molecular complexity index is 888. The van der Waals surface area contributed by atoms with Crippen LogP contribution in [0.4, 0.5) is 11.5 Å². The SMILES string of the molecule is CNc1cccnc1.COCCNCCc1ccc(-c2cnc(N)c(C=O)n2)cc1. The maximum Gasteiger partial charge on any atom is 0.172 e. The topological polar surface area (TPSA) is 115 Å². The fourth-order valence-corrected chi connectivity index (χ4v) is 2.52. The molecule has 0 radical (unpaired) electrons. The molecule has 3 rings (SSSR count). The van der Waals surface area contributed by atoms with Crippen molar-refractivity contribution >= 4 is 17.8 Å². The number of ether oxygens (including phenoxy) is 1. The summed E-state index contributed by atoms with van der Waals surface area (Å²) < 4.78 is 4.98. The van der Waals surface area contributed by atoms with Crippen molar-refractivity contribution in [3.63, 3.8) is 0 Å². The molecule has 2 aromatic heterocycles. The van der Waals surface area contributed by atoms with Crippen molar-refractivity contribution in [2.75, 3.05) is 44.9 Å². The van der Waals surface area contributed by atoms with Gasteiger partial charge in [0.2, 0.25) is 0 Å². The Morgan fingerprint density at radius 1 is 1.13 bits per heavy atom. The van der Waals surface area contributed by atoms with Crippen molar-refractivity contribution < 1.29 is 9.53 Å². The second-order valence-corrected chi connectivity index (χ2v) is 6.32. The third-order valence-corrected chi connectivity index (χ3v) is 4.21. The summed E-state index contributed by atoms with van der Waals surface area (Å²) in [5.74, 6) is 0.150. The summed E-state index contributed by atoms with van der Waals surface area (Å²) >= 11 is 0. The lowest BCUT2D eigenvalue weighted by molar-refractivity contribution is 0.111. The first-order chi connectivity index (χ1) is 14.7. The Kier molecular flexibility index (Phi) is 9.91. The fourth-order valence-electron chi connectivity index (χ4n) is 2.52. The first-order valence-corrected chi connectivity index (χ1v) is 9.62. The van der Waals surface area contributed by atoms with Gasteiger partial charge in [-0.15, -0.1) is 0 Å². The van der Waals surface area contributed by atoms with Gasteiger partial charge in [0.1, 0.15) is 5.69 Å². The molecule has 0 aliphatic heterocycles. The van der Waals surface area contributed by atoms with E-state index in [0.717, 1.165) is 30.8 Å². The molecule has 0 unspecified atom stereocenters. The smallest absolute Gasteiger partial charge is 0.172 e. The lowest BCUT2D eigenvalue weighted by atomic mass is 10.1. The number of hydrogen-bond acceptors (Lipinski definition) is 8. The van der Waals surface area contributed by atoms with E-state index in [1.807, 2.05) is 43.4 Å². The number of carbonyl (C=O) groups excluding carboxylic acids is 1. The number of anilines is 2. The van der Waals surface area contributed by atoms with Crippen molar-refractivity contribution in [1.82, 2.24) is 20.3 Å². The zero-order valence-corrected chi connectivity index (χ0v) is 17.3. The Morgan fingerprint density at radius 3 is 2.53 bits per heavy atom. The van der Waals surface area contributed by atoms with E-state index in [0.29, 0.717) is 18.6 Å². The normalized spacial score (nSPS) is 10.1. The molecule has 8 heteroatoms. The summed E-state index contributed by atoms with van der Waals surface area (Å²) in [7, 11) is 3.56. The molecule has 1 aromatic carbocycles. The molecule has 2 heterocycles. The third-order valence-electron chi connectivity index (χ3n) is 4.21. The van der Waals surface area contributed by atoms with Gasteiger partial charge in [-0.3, -0.25) is 9.78 Å². The fraction of sp³-hybridized carbons (Fsp3) is 0.273.